The van der Waals surface area contributed by atoms with Crippen molar-refractivity contribution in [1.29, 1.82) is 0 Å². The lowest BCUT2D eigenvalue weighted by Crippen LogP contribution is -2.48. The van der Waals surface area contributed by atoms with Crippen molar-refractivity contribution in [2.24, 2.45) is 0 Å². The summed E-state index contributed by atoms with van der Waals surface area (Å²) in [6.45, 7) is 3.29. The highest BCUT2D eigenvalue weighted by atomic mass is 35.5. The largest absolute Gasteiger partial charge is 0.348 e. The molecule has 0 saturated heterocycles. The molecule has 0 unspecified atom stereocenters. The molecule has 1 aliphatic rings. The van der Waals surface area contributed by atoms with Crippen molar-refractivity contribution in [3.05, 3.63) is 69.2 Å². The highest BCUT2D eigenvalue weighted by Gasteiger charge is 2.40. The Morgan fingerprint density at radius 3 is 2.12 bits per heavy atom. The van der Waals surface area contributed by atoms with E-state index < -0.39 is 29.8 Å². The van der Waals surface area contributed by atoms with E-state index in [4.69, 9.17) is 23.2 Å². The van der Waals surface area contributed by atoms with Crippen molar-refractivity contribution in [2.75, 3.05) is 0 Å². The van der Waals surface area contributed by atoms with Gasteiger partial charge in [-0.1, -0.05) is 41.4 Å². The fraction of sp³-hybridized carbons (Fsp3) is 0.211. The van der Waals surface area contributed by atoms with E-state index in [0.717, 1.165) is 4.90 Å². The van der Waals surface area contributed by atoms with E-state index in [0.29, 0.717) is 26.7 Å². The number of nitrogens with zero attached hydrogens (tertiary/aromatic N) is 1. The maximum atomic E-state index is 12.6. The lowest BCUT2D eigenvalue weighted by Gasteiger charge is -2.24. The van der Waals surface area contributed by atoms with E-state index in [1.807, 2.05) is 0 Å². The van der Waals surface area contributed by atoms with E-state index in [2.05, 4.69) is 5.32 Å². The second kappa shape index (κ2) is 7.09. The molecule has 0 spiro atoms. The van der Waals surface area contributed by atoms with Gasteiger partial charge in [-0.2, -0.15) is 0 Å². The van der Waals surface area contributed by atoms with Crippen molar-refractivity contribution >= 4 is 40.9 Å². The summed E-state index contributed by atoms with van der Waals surface area (Å²) in [5.74, 6) is -1.38. The topological polar surface area (TPSA) is 66.5 Å². The van der Waals surface area contributed by atoms with Crippen LogP contribution < -0.4 is 5.32 Å². The zero-order valence-electron chi connectivity index (χ0n) is 14.1. The molecular weight excluding hydrogens is 375 g/mol. The molecule has 0 saturated carbocycles. The first kappa shape index (κ1) is 18.4. The zero-order valence-corrected chi connectivity index (χ0v) is 15.6. The summed E-state index contributed by atoms with van der Waals surface area (Å²) in [6.07, 6.45) is 0. The minimum absolute atomic E-state index is 0.311. The summed E-state index contributed by atoms with van der Waals surface area (Å²) in [6, 6.07) is 10.2. The molecule has 3 rings (SSSR count). The molecule has 0 bridgehead atoms. The van der Waals surface area contributed by atoms with Gasteiger partial charge >= 0.3 is 0 Å². The van der Waals surface area contributed by atoms with Crippen LogP contribution in [0, 0.1) is 0 Å². The summed E-state index contributed by atoms with van der Waals surface area (Å²) in [4.78, 5) is 38.6. The van der Waals surface area contributed by atoms with E-state index in [1.54, 1.807) is 49.4 Å². The molecular formula is C19H16Cl2N2O3. The Morgan fingerprint density at radius 2 is 1.58 bits per heavy atom. The third kappa shape index (κ3) is 3.20. The molecule has 0 radical (unpaired) electrons. The number of rotatable bonds is 4. The van der Waals surface area contributed by atoms with E-state index in [1.165, 1.54) is 6.92 Å². The predicted molar refractivity (Wildman–Crippen MR) is 99.4 cm³/mol. The average molecular weight is 391 g/mol. The Kier molecular flexibility index (Phi) is 5.03. The zero-order chi connectivity index (χ0) is 19.0. The first-order chi connectivity index (χ1) is 12.3. The molecule has 5 nitrogen and oxygen atoms in total. The van der Waals surface area contributed by atoms with Crippen LogP contribution in [0.4, 0.5) is 0 Å². The lowest BCUT2D eigenvalue weighted by atomic mass is 10.1. The van der Waals surface area contributed by atoms with Gasteiger partial charge in [0.05, 0.1) is 17.2 Å². The van der Waals surface area contributed by atoms with Crippen LogP contribution in [0.2, 0.25) is 10.0 Å². The van der Waals surface area contributed by atoms with E-state index in [-0.39, 0.29) is 0 Å². The Morgan fingerprint density at radius 1 is 1.00 bits per heavy atom. The van der Waals surface area contributed by atoms with Crippen LogP contribution in [0.1, 0.15) is 46.2 Å². The number of carbonyl (C=O) groups is 3. The number of nitrogens with one attached hydrogen (secondary N) is 1. The Hall–Kier alpha value is -2.37. The summed E-state index contributed by atoms with van der Waals surface area (Å²) in [5.41, 5.74) is 1.32. The number of fused-ring (bicyclic) bond motifs is 1. The number of hydrogen-bond donors (Lipinski definition) is 1. The summed E-state index contributed by atoms with van der Waals surface area (Å²) in [7, 11) is 0. The normalized spacial score (nSPS) is 15.6. The SMILES string of the molecule is C[C@H](NC(=O)[C@@H](C)N1C(=O)c2ccccc2C1=O)c1ccc(Cl)cc1Cl. The molecule has 2 aromatic carbocycles. The van der Waals surface area contributed by atoms with Gasteiger partial charge in [0.2, 0.25) is 5.91 Å². The van der Waals surface area contributed by atoms with Crippen LogP contribution in [0.15, 0.2) is 42.5 Å². The minimum atomic E-state index is -0.948. The standard InChI is InChI=1S/C19H16Cl2N2O3/c1-10(13-8-7-12(20)9-16(13)21)22-17(24)11(2)23-18(25)14-5-3-4-6-15(14)19(23)26/h3-11H,1-2H3,(H,22,24)/t10-,11+/m0/s1. The molecule has 0 aliphatic carbocycles. The number of carbonyl (C=O) groups excluding carboxylic acids is 3. The van der Waals surface area contributed by atoms with Crippen LogP contribution in [0.25, 0.3) is 0 Å². The van der Waals surface area contributed by atoms with Crippen LogP contribution in [0.5, 0.6) is 0 Å². The van der Waals surface area contributed by atoms with E-state index in [9.17, 15) is 14.4 Å². The molecule has 0 aromatic heterocycles. The molecule has 1 N–H and O–H groups in total. The summed E-state index contributed by atoms with van der Waals surface area (Å²) < 4.78 is 0. The van der Waals surface area contributed by atoms with Gasteiger partial charge in [0.15, 0.2) is 0 Å². The molecule has 1 heterocycles. The monoisotopic (exact) mass is 390 g/mol. The van der Waals surface area contributed by atoms with Crippen molar-refractivity contribution < 1.29 is 14.4 Å². The first-order valence-electron chi connectivity index (χ1n) is 8.03. The molecule has 7 heteroatoms. The molecule has 0 fully saturated rings. The fourth-order valence-corrected chi connectivity index (χ4v) is 3.51. The molecule has 2 aromatic rings. The number of halogens is 2. The maximum Gasteiger partial charge on any atom is 0.262 e. The molecule has 26 heavy (non-hydrogen) atoms. The highest BCUT2D eigenvalue weighted by molar-refractivity contribution is 6.35. The van der Waals surface area contributed by atoms with Gasteiger partial charge in [0, 0.05) is 10.0 Å². The Bertz CT molecular complexity index is 878. The molecule has 2 atom stereocenters. The Labute approximate surface area is 160 Å². The highest BCUT2D eigenvalue weighted by Crippen LogP contribution is 2.27. The van der Waals surface area contributed by atoms with Crippen LogP contribution in [-0.4, -0.2) is 28.7 Å². The molecule has 3 amide bonds. The van der Waals surface area contributed by atoms with Gasteiger partial charge in [0.25, 0.3) is 11.8 Å². The summed E-state index contributed by atoms with van der Waals surface area (Å²) in [5, 5.41) is 3.71. The smallest absolute Gasteiger partial charge is 0.262 e. The van der Waals surface area contributed by atoms with Gasteiger partial charge < -0.3 is 5.32 Å². The van der Waals surface area contributed by atoms with Crippen molar-refractivity contribution in [1.82, 2.24) is 10.2 Å². The number of hydrogen-bond acceptors (Lipinski definition) is 3. The second-order valence-electron chi connectivity index (χ2n) is 6.10. The van der Waals surface area contributed by atoms with Crippen molar-refractivity contribution in [3.8, 4) is 0 Å². The van der Waals surface area contributed by atoms with Crippen LogP contribution >= 0.6 is 23.2 Å². The van der Waals surface area contributed by atoms with Crippen LogP contribution in [-0.2, 0) is 4.79 Å². The number of imide groups is 1. The van der Waals surface area contributed by atoms with Gasteiger partial charge in [0.1, 0.15) is 6.04 Å². The minimum Gasteiger partial charge on any atom is -0.348 e. The summed E-state index contributed by atoms with van der Waals surface area (Å²) >= 11 is 12.1. The number of benzene rings is 2. The fourth-order valence-electron chi connectivity index (χ4n) is 2.94. The first-order valence-corrected chi connectivity index (χ1v) is 8.79. The number of amides is 3. The van der Waals surface area contributed by atoms with Crippen molar-refractivity contribution in [2.45, 2.75) is 25.9 Å². The molecule has 1 aliphatic heterocycles. The predicted octanol–water partition coefficient (Wildman–Crippen LogP) is 3.86. The lowest BCUT2D eigenvalue weighted by molar-refractivity contribution is -0.125. The van der Waals surface area contributed by atoms with Gasteiger partial charge in [-0.15, -0.1) is 0 Å². The van der Waals surface area contributed by atoms with E-state index >= 15 is 0 Å². The third-order valence-corrected chi connectivity index (χ3v) is 4.94. The third-order valence-electron chi connectivity index (χ3n) is 4.38. The Balaban J connectivity index is 1.76. The van der Waals surface area contributed by atoms with Gasteiger partial charge in [-0.25, -0.2) is 0 Å². The van der Waals surface area contributed by atoms with Gasteiger partial charge in [-0.05, 0) is 43.7 Å². The van der Waals surface area contributed by atoms with Crippen molar-refractivity contribution in [3.63, 3.8) is 0 Å². The van der Waals surface area contributed by atoms with Gasteiger partial charge in [-0.3, -0.25) is 19.3 Å². The maximum absolute atomic E-state index is 12.6. The second-order valence-corrected chi connectivity index (χ2v) is 6.94. The quantitative estimate of drug-likeness (QED) is 0.805. The van der Waals surface area contributed by atoms with Crippen LogP contribution in [0.3, 0.4) is 0 Å². The average Bonchev–Trinajstić information content (AvgIpc) is 2.85. The molecule has 134 valence electrons.